The summed E-state index contributed by atoms with van der Waals surface area (Å²) in [6, 6.07) is -0.0256. The van der Waals surface area contributed by atoms with Gasteiger partial charge >= 0.3 is 0 Å². The van der Waals surface area contributed by atoms with E-state index >= 15 is 0 Å². The van der Waals surface area contributed by atoms with Crippen LogP contribution in [0.5, 0.6) is 0 Å². The topological polar surface area (TPSA) is 76.9 Å². The zero-order valence-electron chi connectivity index (χ0n) is 12.0. The van der Waals surface area contributed by atoms with Gasteiger partial charge in [-0.05, 0) is 20.3 Å². The highest BCUT2D eigenvalue weighted by molar-refractivity contribution is 7.91. The van der Waals surface area contributed by atoms with Crippen molar-refractivity contribution >= 4 is 26.3 Å². The molecule has 3 rings (SSSR count). The van der Waals surface area contributed by atoms with Crippen LogP contribution in [0.2, 0.25) is 0 Å². The minimum absolute atomic E-state index is 0.0256. The fourth-order valence-corrected chi connectivity index (χ4v) is 4.97. The maximum Gasteiger partial charge on any atom is 0.182 e. The largest absolute Gasteiger partial charge is 0.357 e. The van der Waals surface area contributed by atoms with Crippen LogP contribution >= 0.6 is 11.3 Å². The van der Waals surface area contributed by atoms with E-state index in [0.29, 0.717) is 13.0 Å². The zero-order chi connectivity index (χ0) is 15.0. The van der Waals surface area contributed by atoms with Crippen molar-refractivity contribution in [1.82, 2.24) is 14.8 Å². The first-order chi connectivity index (χ1) is 9.96. The predicted molar refractivity (Wildman–Crippen MR) is 83.4 cm³/mol. The smallest absolute Gasteiger partial charge is 0.182 e. The Balaban J connectivity index is 1.80. The molecule has 1 unspecified atom stereocenters. The van der Waals surface area contributed by atoms with Crippen LogP contribution in [-0.2, 0) is 16.4 Å². The van der Waals surface area contributed by atoms with E-state index in [9.17, 15) is 8.42 Å². The molecule has 1 saturated heterocycles. The van der Waals surface area contributed by atoms with Crippen LogP contribution in [0, 0.1) is 13.8 Å². The molecular weight excluding hydrogens is 308 g/mol. The van der Waals surface area contributed by atoms with Crippen LogP contribution in [0.1, 0.15) is 29.4 Å². The van der Waals surface area contributed by atoms with Gasteiger partial charge in [-0.3, -0.25) is 4.68 Å². The molecule has 1 aliphatic rings. The molecule has 114 valence electrons. The Kier molecular flexibility index (Phi) is 3.75. The highest BCUT2D eigenvalue weighted by Crippen LogP contribution is 2.27. The number of sulfone groups is 1. The van der Waals surface area contributed by atoms with E-state index < -0.39 is 9.84 Å². The number of rotatable bonds is 4. The summed E-state index contributed by atoms with van der Waals surface area (Å²) in [5.41, 5.74) is 3.11. The Bertz CT molecular complexity index is 735. The minimum atomic E-state index is -2.90. The van der Waals surface area contributed by atoms with Crippen molar-refractivity contribution in [3.63, 3.8) is 0 Å². The van der Waals surface area contributed by atoms with Gasteiger partial charge in [0.1, 0.15) is 0 Å². The highest BCUT2D eigenvalue weighted by Gasteiger charge is 2.31. The first-order valence-electron chi connectivity index (χ1n) is 6.84. The van der Waals surface area contributed by atoms with Crippen LogP contribution < -0.4 is 5.32 Å². The molecule has 0 aromatic carbocycles. The van der Waals surface area contributed by atoms with E-state index in [4.69, 9.17) is 0 Å². The van der Waals surface area contributed by atoms with E-state index in [1.165, 1.54) is 0 Å². The second-order valence-corrected chi connectivity index (χ2v) is 8.46. The van der Waals surface area contributed by atoms with E-state index in [2.05, 4.69) is 15.4 Å². The van der Waals surface area contributed by atoms with Crippen LogP contribution in [0.25, 0.3) is 0 Å². The molecule has 1 fully saturated rings. The first-order valence-corrected chi connectivity index (χ1v) is 9.55. The summed E-state index contributed by atoms with van der Waals surface area (Å²) < 4.78 is 25.2. The summed E-state index contributed by atoms with van der Waals surface area (Å²) in [6.07, 6.45) is 2.42. The fraction of sp³-hybridized carbons (Fsp3) is 0.538. The van der Waals surface area contributed by atoms with Crippen LogP contribution in [0.15, 0.2) is 11.6 Å². The summed E-state index contributed by atoms with van der Waals surface area (Å²) >= 11 is 1.56. The Morgan fingerprint density at radius 2 is 2.29 bits per heavy atom. The van der Waals surface area contributed by atoms with E-state index in [-0.39, 0.29) is 17.5 Å². The van der Waals surface area contributed by atoms with Crippen molar-refractivity contribution in [2.45, 2.75) is 32.9 Å². The molecule has 2 aromatic heterocycles. The summed E-state index contributed by atoms with van der Waals surface area (Å²) in [7, 11) is -2.90. The average Bonchev–Trinajstić information content (AvgIpc) is 3.10. The molecule has 0 bridgehead atoms. The number of aromatic nitrogens is 3. The van der Waals surface area contributed by atoms with E-state index in [1.807, 2.05) is 23.9 Å². The first kappa shape index (κ1) is 14.5. The summed E-state index contributed by atoms with van der Waals surface area (Å²) in [6.45, 7) is 4.63. The molecule has 21 heavy (non-hydrogen) atoms. The molecule has 6 nitrogen and oxygen atoms in total. The van der Waals surface area contributed by atoms with Gasteiger partial charge in [-0.25, -0.2) is 13.4 Å². The predicted octanol–water partition coefficient (Wildman–Crippen LogP) is 1.93. The number of hydrogen-bond donors (Lipinski definition) is 1. The Hall–Kier alpha value is -1.41. The second kappa shape index (κ2) is 5.42. The normalized spacial score (nSPS) is 20.8. The summed E-state index contributed by atoms with van der Waals surface area (Å²) in [5.74, 6) is 0.469. The van der Waals surface area contributed by atoms with Gasteiger partial charge < -0.3 is 5.32 Å². The van der Waals surface area contributed by atoms with Gasteiger partial charge in [-0.2, -0.15) is 5.10 Å². The van der Waals surface area contributed by atoms with Crippen molar-refractivity contribution in [1.29, 1.82) is 0 Å². The van der Waals surface area contributed by atoms with Crippen LogP contribution in [0.4, 0.5) is 5.13 Å². The maximum absolute atomic E-state index is 11.6. The van der Waals surface area contributed by atoms with Gasteiger partial charge in [0.25, 0.3) is 0 Å². The van der Waals surface area contributed by atoms with Gasteiger partial charge in [0.05, 0.1) is 23.2 Å². The van der Waals surface area contributed by atoms with Crippen molar-refractivity contribution in [2.24, 2.45) is 0 Å². The fourth-order valence-electron chi connectivity index (χ4n) is 2.75. The van der Waals surface area contributed by atoms with Crippen LogP contribution in [-0.4, -0.2) is 34.7 Å². The van der Waals surface area contributed by atoms with Crippen molar-refractivity contribution in [3.8, 4) is 0 Å². The Morgan fingerprint density at radius 3 is 2.90 bits per heavy atom. The number of aryl methyl sites for hydroxylation is 1. The lowest BCUT2D eigenvalue weighted by Gasteiger charge is -2.11. The third-order valence-corrected chi connectivity index (χ3v) is 6.36. The molecule has 1 N–H and O–H groups in total. The average molecular weight is 326 g/mol. The van der Waals surface area contributed by atoms with Crippen LogP contribution in [0.3, 0.4) is 0 Å². The second-order valence-electron chi connectivity index (χ2n) is 5.34. The van der Waals surface area contributed by atoms with Gasteiger partial charge in [-0.15, -0.1) is 11.3 Å². The molecule has 2 aromatic rings. The quantitative estimate of drug-likeness (QED) is 0.929. The molecule has 1 aliphatic heterocycles. The lowest BCUT2D eigenvalue weighted by Crippen LogP contribution is -2.14. The Labute approximate surface area is 128 Å². The molecule has 0 spiro atoms. The van der Waals surface area contributed by atoms with E-state index in [1.54, 1.807) is 17.5 Å². The number of nitrogens with one attached hydrogen (secondary N) is 1. The number of thiazole rings is 1. The SMILES string of the molecule is Cc1nn(C2CCS(=O)(=O)C2)c(C)c1CNc1nccs1. The molecular formula is C13H18N4O2S2. The maximum atomic E-state index is 11.6. The molecule has 0 aliphatic carbocycles. The molecule has 0 amide bonds. The highest BCUT2D eigenvalue weighted by atomic mass is 32.2. The zero-order valence-corrected chi connectivity index (χ0v) is 13.7. The summed E-state index contributed by atoms with van der Waals surface area (Å²) in [5, 5.41) is 10.6. The molecule has 8 heteroatoms. The lowest BCUT2D eigenvalue weighted by molar-refractivity contribution is 0.485. The van der Waals surface area contributed by atoms with Crippen molar-refractivity contribution in [3.05, 3.63) is 28.5 Å². The Morgan fingerprint density at radius 1 is 1.48 bits per heavy atom. The molecule has 0 saturated carbocycles. The third kappa shape index (κ3) is 2.96. The van der Waals surface area contributed by atoms with Gasteiger partial charge in [0.2, 0.25) is 0 Å². The number of hydrogen-bond acceptors (Lipinski definition) is 6. The minimum Gasteiger partial charge on any atom is -0.357 e. The molecule has 0 radical (unpaired) electrons. The number of nitrogens with zero attached hydrogens (tertiary/aromatic N) is 3. The lowest BCUT2D eigenvalue weighted by atomic mass is 10.2. The van der Waals surface area contributed by atoms with Crippen molar-refractivity contribution in [2.75, 3.05) is 16.8 Å². The molecule has 1 atom stereocenters. The monoisotopic (exact) mass is 326 g/mol. The van der Waals surface area contributed by atoms with Gasteiger partial charge in [-0.1, -0.05) is 0 Å². The number of anilines is 1. The standard InChI is InChI=1S/C13H18N4O2S2/c1-9-12(7-15-13-14-4-5-20-13)10(2)17(16-9)11-3-6-21(18,19)8-11/h4-5,11H,3,6-8H2,1-2H3,(H,14,15). The third-order valence-electron chi connectivity index (χ3n) is 3.88. The van der Waals surface area contributed by atoms with Crippen molar-refractivity contribution < 1.29 is 8.42 Å². The summed E-state index contributed by atoms with van der Waals surface area (Å²) in [4.78, 5) is 4.19. The van der Waals surface area contributed by atoms with Gasteiger partial charge in [0, 0.05) is 29.4 Å². The molecule has 3 heterocycles. The van der Waals surface area contributed by atoms with E-state index in [0.717, 1.165) is 22.1 Å². The van der Waals surface area contributed by atoms with Gasteiger partial charge in [0.15, 0.2) is 15.0 Å².